The Bertz CT molecular complexity index is 491. The van der Waals surface area contributed by atoms with E-state index >= 15 is 0 Å². The molecule has 1 unspecified atom stereocenters. The Morgan fingerprint density at radius 3 is 2.95 bits per heavy atom. The second-order valence-corrected chi connectivity index (χ2v) is 5.10. The van der Waals surface area contributed by atoms with E-state index in [0.29, 0.717) is 30.9 Å². The number of benzene rings is 1. The lowest BCUT2D eigenvalue weighted by atomic mass is 10.1. The lowest BCUT2D eigenvalue weighted by Gasteiger charge is -2.35. The molecule has 1 aliphatic heterocycles. The van der Waals surface area contributed by atoms with Crippen LogP contribution in [-0.4, -0.2) is 62.4 Å². The summed E-state index contributed by atoms with van der Waals surface area (Å²) in [6.07, 6.45) is -0.229. The van der Waals surface area contributed by atoms with Gasteiger partial charge in [-0.2, -0.15) is 0 Å². The van der Waals surface area contributed by atoms with Crippen molar-refractivity contribution in [1.29, 1.82) is 0 Å². The van der Waals surface area contributed by atoms with Crippen molar-refractivity contribution in [2.24, 2.45) is 0 Å². The molecule has 1 fully saturated rings. The van der Waals surface area contributed by atoms with Crippen LogP contribution in [0.25, 0.3) is 0 Å². The highest BCUT2D eigenvalue weighted by Crippen LogP contribution is 2.26. The first-order valence-electron chi connectivity index (χ1n) is 6.61. The number of nitrogens with zero attached hydrogens (tertiary/aromatic N) is 2. The third-order valence-electron chi connectivity index (χ3n) is 3.34. The van der Waals surface area contributed by atoms with Crippen molar-refractivity contribution in [3.8, 4) is 0 Å². The second-order valence-electron chi connectivity index (χ2n) is 5.10. The number of carbonyl (C=O) groups is 1. The predicted molar refractivity (Wildman–Crippen MR) is 77.9 cm³/mol. The fourth-order valence-corrected chi connectivity index (χ4v) is 2.28. The van der Waals surface area contributed by atoms with E-state index in [-0.39, 0.29) is 18.6 Å². The molecule has 1 amide bonds. The Labute approximate surface area is 118 Å². The van der Waals surface area contributed by atoms with Crippen LogP contribution in [-0.2, 0) is 4.74 Å². The van der Waals surface area contributed by atoms with E-state index in [1.165, 1.54) is 0 Å². The van der Waals surface area contributed by atoms with Gasteiger partial charge in [0.2, 0.25) is 0 Å². The Morgan fingerprint density at radius 1 is 1.55 bits per heavy atom. The Balaban J connectivity index is 2.34. The van der Waals surface area contributed by atoms with Gasteiger partial charge >= 0.3 is 0 Å². The van der Waals surface area contributed by atoms with Gasteiger partial charge in [-0.05, 0) is 18.2 Å². The van der Waals surface area contributed by atoms with Crippen molar-refractivity contribution >= 4 is 17.3 Å². The smallest absolute Gasteiger partial charge is 0.255 e. The Kier molecular flexibility index (Phi) is 4.46. The molecule has 110 valence electrons. The van der Waals surface area contributed by atoms with Crippen LogP contribution >= 0.6 is 0 Å². The molecular weight excluding hydrogens is 258 g/mol. The highest BCUT2D eigenvalue weighted by molar-refractivity contribution is 6.00. The SMILES string of the molecule is CN(C)C(=O)c1ccc(N)cc1N1CCOC(CO)C1. The molecule has 0 aliphatic carbocycles. The number of hydrogen-bond donors (Lipinski definition) is 2. The van der Waals surface area contributed by atoms with Gasteiger partial charge in [-0.25, -0.2) is 0 Å². The van der Waals surface area contributed by atoms with Gasteiger partial charge in [0.25, 0.3) is 5.91 Å². The average Bonchev–Trinajstić information content (AvgIpc) is 2.46. The summed E-state index contributed by atoms with van der Waals surface area (Å²) in [4.78, 5) is 15.8. The number of carbonyl (C=O) groups excluding carboxylic acids is 1. The van der Waals surface area contributed by atoms with Gasteiger partial charge in [-0.3, -0.25) is 4.79 Å². The molecule has 20 heavy (non-hydrogen) atoms. The molecule has 1 saturated heterocycles. The van der Waals surface area contributed by atoms with E-state index in [0.717, 1.165) is 5.69 Å². The summed E-state index contributed by atoms with van der Waals surface area (Å²) in [7, 11) is 3.44. The maximum atomic E-state index is 12.2. The van der Waals surface area contributed by atoms with Gasteiger partial charge in [0.15, 0.2) is 0 Å². The van der Waals surface area contributed by atoms with Gasteiger partial charge in [0.05, 0.1) is 30.6 Å². The minimum Gasteiger partial charge on any atom is -0.399 e. The molecular formula is C14H21N3O3. The molecule has 1 heterocycles. The van der Waals surface area contributed by atoms with E-state index < -0.39 is 0 Å². The minimum absolute atomic E-state index is 0.0320. The van der Waals surface area contributed by atoms with Crippen molar-refractivity contribution in [2.45, 2.75) is 6.10 Å². The van der Waals surface area contributed by atoms with E-state index in [2.05, 4.69) is 0 Å². The number of ether oxygens (including phenoxy) is 1. The molecule has 0 spiro atoms. The number of anilines is 2. The highest BCUT2D eigenvalue weighted by Gasteiger charge is 2.24. The molecule has 0 aromatic heterocycles. The van der Waals surface area contributed by atoms with Crippen molar-refractivity contribution in [2.75, 3.05) is 51.0 Å². The third-order valence-corrected chi connectivity index (χ3v) is 3.34. The van der Waals surface area contributed by atoms with Gasteiger partial charge in [-0.1, -0.05) is 0 Å². The van der Waals surface area contributed by atoms with Crippen LogP contribution < -0.4 is 10.6 Å². The molecule has 1 atom stereocenters. The van der Waals surface area contributed by atoms with Gasteiger partial charge in [0, 0.05) is 32.9 Å². The first kappa shape index (κ1) is 14.6. The molecule has 1 aliphatic rings. The monoisotopic (exact) mass is 279 g/mol. The van der Waals surface area contributed by atoms with E-state index in [9.17, 15) is 9.90 Å². The molecule has 6 heteroatoms. The fraction of sp³-hybridized carbons (Fsp3) is 0.500. The number of morpholine rings is 1. The lowest BCUT2D eigenvalue weighted by molar-refractivity contribution is 0.00352. The van der Waals surface area contributed by atoms with E-state index in [1.54, 1.807) is 37.2 Å². The molecule has 1 aromatic rings. The molecule has 0 saturated carbocycles. The van der Waals surface area contributed by atoms with Crippen LogP contribution in [0.4, 0.5) is 11.4 Å². The zero-order valence-corrected chi connectivity index (χ0v) is 11.9. The molecule has 0 bridgehead atoms. The maximum Gasteiger partial charge on any atom is 0.255 e. The maximum absolute atomic E-state index is 12.2. The number of rotatable bonds is 3. The summed E-state index contributed by atoms with van der Waals surface area (Å²) < 4.78 is 5.44. The number of aliphatic hydroxyl groups is 1. The number of nitrogens with two attached hydrogens (primary N) is 1. The van der Waals surface area contributed by atoms with Gasteiger partial charge in [-0.15, -0.1) is 0 Å². The molecule has 3 N–H and O–H groups in total. The topological polar surface area (TPSA) is 79.0 Å². The number of hydrogen-bond acceptors (Lipinski definition) is 5. The van der Waals surface area contributed by atoms with Crippen molar-refractivity contribution in [1.82, 2.24) is 4.90 Å². The molecule has 2 rings (SSSR count). The molecule has 0 radical (unpaired) electrons. The average molecular weight is 279 g/mol. The van der Waals surface area contributed by atoms with Crippen LogP contribution in [0.3, 0.4) is 0 Å². The second kappa shape index (κ2) is 6.11. The number of amides is 1. The quantitative estimate of drug-likeness (QED) is 0.771. The van der Waals surface area contributed by atoms with Crippen molar-refractivity contribution in [3.63, 3.8) is 0 Å². The first-order valence-corrected chi connectivity index (χ1v) is 6.61. The summed E-state index contributed by atoms with van der Waals surface area (Å²) in [6, 6.07) is 5.27. The van der Waals surface area contributed by atoms with E-state index in [1.807, 2.05) is 4.90 Å². The van der Waals surface area contributed by atoms with E-state index in [4.69, 9.17) is 10.5 Å². The Morgan fingerprint density at radius 2 is 2.30 bits per heavy atom. The lowest BCUT2D eigenvalue weighted by Crippen LogP contribution is -2.44. The molecule has 1 aromatic carbocycles. The molecule has 6 nitrogen and oxygen atoms in total. The highest BCUT2D eigenvalue weighted by atomic mass is 16.5. The summed E-state index contributed by atoms with van der Waals surface area (Å²) in [5.41, 5.74) is 7.87. The first-order chi connectivity index (χ1) is 9.52. The summed E-state index contributed by atoms with van der Waals surface area (Å²) >= 11 is 0. The van der Waals surface area contributed by atoms with Crippen LogP contribution in [0, 0.1) is 0 Å². The van der Waals surface area contributed by atoms with Gasteiger partial charge < -0.3 is 25.4 Å². The van der Waals surface area contributed by atoms with Crippen LogP contribution in [0.1, 0.15) is 10.4 Å². The largest absolute Gasteiger partial charge is 0.399 e. The van der Waals surface area contributed by atoms with Crippen LogP contribution in [0.15, 0.2) is 18.2 Å². The summed E-state index contributed by atoms with van der Waals surface area (Å²) in [6.45, 7) is 1.72. The summed E-state index contributed by atoms with van der Waals surface area (Å²) in [5, 5.41) is 9.23. The van der Waals surface area contributed by atoms with Crippen molar-refractivity contribution < 1.29 is 14.6 Å². The standard InChI is InChI=1S/C14H21N3O3/c1-16(2)14(19)12-4-3-10(15)7-13(12)17-5-6-20-11(8-17)9-18/h3-4,7,11,18H,5-6,8-9,15H2,1-2H3. The third kappa shape index (κ3) is 3.02. The summed E-state index contributed by atoms with van der Waals surface area (Å²) in [5.74, 6) is -0.0629. The normalized spacial score (nSPS) is 18.9. The van der Waals surface area contributed by atoms with Crippen LogP contribution in [0.2, 0.25) is 0 Å². The van der Waals surface area contributed by atoms with Crippen LogP contribution in [0.5, 0.6) is 0 Å². The minimum atomic E-state index is -0.229. The fourth-order valence-electron chi connectivity index (χ4n) is 2.28. The number of aliphatic hydroxyl groups excluding tert-OH is 1. The number of nitrogen functional groups attached to an aromatic ring is 1. The van der Waals surface area contributed by atoms with Crippen molar-refractivity contribution in [3.05, 3.63) is 23.8 Å². The zero-order valence-electron chi connectivity index (χ0n) is 11.9. The van der Waals surface area contributed by atoms with Gasteiger partial charge in [0.1, 0.15) is 0 Å². The Hall–Kier alpha value is -1.79. The predicted octanol–water partition coefficient (Wildman–Crippen LogP) is 0.168. The zero-order chi connectivity index (χ0) is 14.7.